The fraction of sp³-hybridized carbons (Fsp3) is 0. The van der Waals surface area contributed by atoms with Crippen molar-refractivity contribution >= 4 is 33.7 Å². The summed E-state index contributed by atoms with van der Waals surface area (Å²) in [5, 5.41) is 1.04. The van der Waals surface area contributed by atoms with Gasteiger partial charge in [-0.2, -0.15) is 0 Å². The number of nitrogens with two attached hydrogens (primary N) is 1. The van der Waals surface area contributed by atoms with Gasteiger partial charge in [-0.05, 0) is 0 Å². The van der Waals surface area contributed by atoms with Gasteiger partial charge in [0, 0.05) is 0 Å². The standard InChI is InChI=1S/C13H10AsN3O/c14-17-5-1-2-10(13(17)18)12-6-8-3-4-9(15)7-11(8)16-12/h1-7,16H,15H2. The molecule has 0 atom stereocenters. The third kappa shape index (κ3) is 1.75. The van der Waals surface area contributed by atoms with E-state index in [0.29, 0.717) is 11.3 Å². The Balaban J connectivity index is 2.26. The van der Waals surface area contributed by atoms with Crippen molar-refractivity contribution in [2.45, 2.75) is 0 Å². The van der Waals surface area contributed by atoms with E-state index in [2.05, 4.69) is 22.1 Å². The van der Waals surface area contributed by atoms with Crippen molar-refractivity contribution in [3.05, 3.63) is 52.9 Å². The van der Waals surface area contributed by atoms with E-state index in [0.717, 1.165) is 16.6 Å². The van der Waals surface area contributed by atoms with Crippen molar-refractivity contribution < 1.29 is 0 Å². The van der Waals surface area contributed by atoms with Crippen LogP contribution in [0, 0.1) is 0 Å². The Kier molecular flexibility index (Phi) is 2.53. The molecule has 88 valence electrons. The Morgan fingerprint density at radius 2 is 2.06 bits per heavy atom. The van der Waals surface area contributed by atoms with Crippen molar-refractivity contribution in [1.82, 2.24) is 8.47 Å². The monoisotopic (exact) mass is 299 g/mol. The first kappa shape index (κ1) is 11.2. The van der Waals surface area contributed by atoms with Gasteiger partial charge in [-0.25, -0.2) is 0 Å². The van der Waals surface area contributed by atoms with Gasteiger partial charge in [0.2, 0.25) is 0 Å². The topological polar surface area (TPSA) is 63.8 Å². The summed E-state index contributed by atoms with van der Waals surface area (Å²) in [6, 6.07) is 11.3. The Labute approximate surface area is 112 Å². The molecular weight excluding hydrogens is 289 g/mol. The number of nitrogen functional groups attached to an aromatic ring is 1. The van der Waals surface area contributed by atoms with Crippen LogP contribution in [0.3, 0.4) is 0 Å². The number of rotatable bonds is 1. The average molecular weight is 299 g/mol. The Morgan fingerprint density at radius 1 is 1.22 bits per heavy atom. The zero-order valence-electron chi connectivity index (χ0n) is 9.42. The van der Waals surface area contributed by atoms with Gasteiger partial charge in [-0.3, -0.25) is 0 Å². The number of hydrogen-bond donors (Lipinski definition) is 2. The van der Waals surface area contributed by atoms with E-state index in [-0.39, 0.29) is 5.56 Å². The van der Waals surface area contributed by atoms with Crippen LogP contribution in [0.15, 0.2) is 47.4 Å². The molecule has 0 bridgehead atoms. The molecule has 2 radical (unpaired) electrons. The molecule has 2 aromatic heterocycles. The van der Waals surface area contributed by atoms with Gasteiger partial charge in [0.05, 0.1) is 0 Å². The quantitative estimate of drug-likeness (QED) is 0.528. The van der Waals surface area contributed by atoms with Gasteiger partial charge in [0.1, 0.15) is 0 Å². The molecule has 0 amide bonds. The second-order valence-electron chi connectivity index (χ2n) is 4.10. The molecule has 2 heterocycles. The number of nitrogens with zero attached hydrogens (tertiary/aromatic N) is 1. The zero-order valence-corrected chi connectivity index (χ0v) is 11.3. The minimum atomic E-state index is -0.0444. The second-order valence-corrected chi connectivity index (χ2v) is 5.01. The number of aromatic nitrogens is 2. The third-order valence-corrected chi connectivity index (χ3v) is 3.53. The van der Waals surface area contributed by atoms with Gasteiger partial charge in [-0.15, -0.1) is 0 Å². The molecule has 0 saturated heterocycles. The number of benzene rings is 1. The van der Waals surface area contributed by atoms with Crippen molar-refractivity contribution in [1.29, 1.82) is 0 Å². The maximum atomic E-state index is 12.0. The molecule has 5 heteroatoms. The van der Waals surface area contributed by atoms with Crippen LogP contribution >= 0.6 is 0 Å². The number of pyridine rings is 1. The van der Waals surface area contributed by atoms with Crippen LogP contribution < -0.4 is 11.3 Å². The van der Waals surface area contributed by atoms with E-state index in [1.807, 2.05) is 30.3 Å². The van der Waals surface area contributed by atoms with Crippen LogP contribution in [0.5, 0.6) is 0 Å². The first-order valence-corrected chi connectivity index (χ1v) is 6.28. The summed E-state index contributed by atoms with van der Waals surface area (Å²) in [6.07, 6.45) is 1.71. The molecule has 3 aromatic rings. The average Bonchev–Trinajstić information content (AvgIpc) is 2.75. The molecular formula is C13H10AsN3O. The zero-order chi connectivity index (χ0) is 12.7. The fourth-order valence-electron chi connectivity index (χ4n) is 1.98. The SMILES string of the molecule is Nc1ccc2cc(-c3cccn([As])c3=O)[nH]c2c1. The van der Waals surface area contributed by atoms with Gasteiger partial charge in [-0.1, -0.05) is 0 Å². The predicted octanol–water partition coefficient (Wildman–Crippen LogP) is 1.51. The number of fused-ring (bicyclic) bond motifs is 1. The summed E-state index contributed by atoms with van der Waals surface area (Å²) in [5.41, 5.74) is 8.78. The number of anilines is 1. The molecule has 0 aliphatic heterocycles. The van der Waals surface area contributed by atoms with Crippen molar-refractivity contribution in [2.24, 2.45) is 0 Å². The number of aromatic amines is 1. The van der Waals surface area contributed by atoms with Crippen LogP contribution in [-0.4, -0.2) is 25.5 Å². The van der Waals surface area contributed by atoms with Crippen LogP contribution in [0.25, 0.3) is 22.2 Å². The summed E-state index contributed by atoms with van der Waals surface area (Å²) >= 11 is 2.22. The van der Waals surface area contributed by atoms with Gasteiger partial charge >= 0.3 is 112 Å². The van der Waals surface area contributed by atoms with Crippen molar-refractivity contribution in [3.8, 4) is 11.3 Å². The van der Waals surface area contributed by atoms with Gasteiger partial charge < -0.3 is 0 Å². The molecule has 0 spiro atoms. The van der Waals surface area contributed by atoms with Crippen molar-refractivity contribution in [2.75, 3.05) is 5.73 Å². The van der Waals surface area contributed by atoms with E-state index in [9.17, 15) is 4.79 Å². The molecule has 0 fully saturated rings. The third-order valence-electron chi connectivity index (χ3n) is 2.87. The maximum absolute atomic E-state index is 12.0. The molecule has 0 saturated carbocycles. The Bertz CT molecular complexity index is 788. The Morgan fingerprint density at radius 3 is 2.89 bits per heavy atom. The molecule has 0 aliphatic rings. The van der Waals surface area contributed by atoms with E-state index >= 15 is 0 Å². The van der Waals surface area contributed by atoms with Crippen LogP contribution in [0.2, 0.25) is 0 Å². The molecule has 0 unspecified atom stereocenters. The first-order valence-electron chi connectivity index (χ1n) is 5.45. The molecule has 3 rings (SSSR count). The first-order chi connectivity index (χ1) is 8.65. The van der Waals surface area contributed by atoms with Gasteiger partial charge in [0.15, 0.2) is 0 Å². The molecule has 0 aliphatic carbocycles. The number of hydrogen-bond acceptors (Lipinski definition) is 2. The molecule has 3 N–H and O–H groups in total. The van der Waals surface area contributed by atoms with E-state index < -0.39 is 0 Å². The molecule has 4 nitrogen and oxygen atoms in total. The van der Waals surface area contributed by atoms with E-state index in [1.54, 1.807) is 12.3 Å². The number of H-pyrrole nitrogens is 1. The van der Waals surface area contributed by atoms with Crippen LogP contribution in [-0.2, 0) is 0 Å². The summed E-state index contributed by atoms with van der Waals surface area (Å²) in [7, 11) is 0. The van der Waals surface area contributed by atoms with Crippen LogP contribution in [0.4, 0.5) is 5.69 Å². The molecule has 18 heavy (non-hydrogen) atoms. The summed E-state index contributed by atoms with van der Waals surface area (Å²) in [5.74, 6) is 0. The fourth-order valence-corrected chi connectivity index (χ4v) is 2.37. The van der Waals surface area contributed by atoms with Gasteiger partial charge in [0.25, 0.3) is 0 Å². The number of nitrogens with one attached hydrogen (secondary N) is 1. The predicted molar refractivity (Wildman–Crippen MR) is 73.6 cm³/mol. The second kappa shape index (κ2) is 4.07. The summed E-state index contributed by atoms with van der Waals surface area (Å²) in [6.45, 7) is 0. The normalized spacial score (nSPS) is 10.9. The minimum absolute atomic E-state index is 0.0444. The van der Waals surface area contributed by atoms with E-state index in [4.69, 9.17) is 5.73 Å². The summed E-state index contributed by atoms with van der Waals surface area (Å²) in [4.78, 5) is 15.2. The van der Waals surface area contributed by atoms with Crippen LogP contribution in [0.1, 0.15) is 0 Å². The summed E-state index contributed by atoms with van der Waals surface area (Å²) < 4.78 is 1.50. The van der Waals surface area contributed by atoms with E-state index in [1.165, 1.54) is 3.48 Å². The Hall–Kier alpha value is -1.93. The molecule has 1 aromatic carbocycles. The van der Waals surface area contributed by atoms with Crippen molar-refractivity contribution in [3.63, 3.8) is 0 Å².